The van der Waals surface area contributed by atoms with Crippen molar-refractivity contribution >= 4 is 5.96 Å². The lowest BCUT2D eigenvalue weighted by molar-refractivity contribution is -0.00813. The van der Waals surface area contributed by atoms with Gasteiger partial charge in [0.25, 0.3) is 0 Å². The number of aryl methyl sites for hydroxylation is 1. The number of nitrogens with one attached hydrogen (secondary N) is 1. The third kappa shape index (κ3) is 4.23. The molecule has 2 atom stereocenters. The lowest BCUT2D eigenvalue weighted by atomic mass is 10.1. The number of morpholine rings is 1. The first-order valence-corrected chi connectivity index (χ1v) is 8.51. The van der Waals surface area contributed by atoms with Crippen LogP contribution in [0.5, 0.6) is 0 Å². The molecule has 0 radical (unpaired) electrons. The first-order chi connectivity index (χ1) is 11.3. The first kappa shape index (κ1) is 16.3. The van der Waals surface area contributed by atoms with Crippen molar-refractivity contribution in [3.8, 4) is 0 Å². The van der Waals surface area contributed by atoms with Gasteiger partial charge in [-0.1, -0.05) is 0 Å². The smallest absolute Gasteiger partial charge is 0.194 e. The Kier molecular flexibility index (Phi) is 5.51. The summed E-state index contributed by atoms with van der Waals surface area (Å²) in [6.45, 7) is 6.91. The van der Waals surface area contributed by atoms with E-state index in [1.165, 1.54) is 0 Å². The second kappa shape index (κ2) is 7.79. The van der Waals surface area contributed by atoms with E-state index in [-0.39, 0.29) is 12.2 Å². The fraction of sp³-hybridized carbons (Fsp3) is 0.750. The Hall–Kier alpha value is -1.60. The molecule has 3 heterocycles. The minimum Gasteiger partial charge on any atom is -0.376 e. The summed E-state index contributed by atoms with van der Waals surface area (Å²) >= 11 is 0. The summed E-state index contributed by atoms with van der Waals surface area (Å²) in [6.07, 6.45) is 6.49. The number of rotatable bonds is 4. The molecule has 2 fully saturated rings. The largest absolute Gasteiger partial charge is 0.376 e. The predicted molar refractivity (Wildman–Crippen MR) is 88.4 cm³/mol. The number of aliphatic imine (C=N–C) groups is 1. The molecule has 0 spiro atoms. The fourth-order valence-electron chi connectivity index (χ4n) is 3.05. The predicted octanol–water partition coefficient (Wildman–Crippen LogP) is 0.938. The Morgan fingerprint density at radius 2 is 2.35 bits per heavy atom. The Morgan fingerprint density at radius 3 is 3.04 bits per heavy atom. The van der Waals surface area contributed by atoms with Crippen molar-refractivity contribution in [3.63, 3.8) is 0 Å². The van der Waals surface area contributed by atoms with Crippen molar-refractivity contribution in [2.75, 3.05) is 39.4 Å². The molecule has 23 heavy (non-hydrogen) atoms. The van der Waals surface area contributed by atoms with Crippen molar-refractivity contribution in [2.45, 2.75) is 32.0 Å². The fourth-order valence-corrected chi connectivity index (χ4v) is 3.05. The SMILES string of the molecule is CCNC(=NCC1CCCO1)N1CCOC(c2cnn(C)c2)C1. The summed E-state index contributed by atoms with van der Waals surface area (Å²) in [4.78, 5) is 7.06. The van der Waals surface area contributed by atoms with Gasteiger partial charge < -0.3 is 19.7 Å². The maximum atomic E-state index is 5.91. The molecule has 2 aliphatic heterocycles. The van der Waals surface area contributed by atoms with E-state index in [2.05, 4.69) is 22.2 Å². The highest BCUT2D eigenvalue weighted by Gasteiger charge is 2.25. The average Bonchev–Trinajstić information content (AvgIpc) is 3.23. The van der Waals surface area contributed by atoms with Gasteiger partial charge in [0.1, 0.15) is 6.10 Å². The highest BCUT2D eigenvalue weighted by atomic mass is 16.5. The Labute approximate surface area is 137 Å². The quantitative estimate of drug-likeness (QED) is 0.660. The summed E-state index contributed by atoms with van der Waals surface area (Å²) in [5, 5.41) is 7.64. The number of nitrogens with zero attached hydrogens (tertiary/aromatic N) is 4. The molecule has 2 aliphatic rings. The van der Waals surface area contributed by atoms with Crippen LogP contribution in [-0.4, -0.2) is 66.1 Å². The molecule has 0 saturated carbocycles. The van der Waals surface area contributed by atoms with Gasteiger partial charge in [0.15, 0.2) is 5.96 Å². The van der Waals surface area contributed by atoms with E-state index in [1.54, 1.807) is 0 Å². The number of hydrogen-bond acceptors (Lipinski definition) is 4. The van der Waals surface area contributed by atoms with E-state index < -0.39 is 0 Å². The summed E-state index contributed by atoms with van der Waals surface area (Å²) < 4.78 is 13.4. The molecule has 2 unspecified atom stereocenters. The average molecular weight is 321 g/mol. The van der Waals surface area contributed by atoms with Crippen LogP contribution in [0.15, 0.2) is 17.4 Å². The Morgan fingerprint density at radius 1 is 1.43 bits per heavy atom. The third-order valence-corrected chi connectivity index (χ3v) is 4.27. The van der Waals surface area contributed by atoms with E-state index >= 15 is 0 Å². The second-order valence-corrected chi connectivity index (χ2v) is 6.08. The van der Waals surface area contributed by atoms with E-state index in [0.717, 1.165) is 57.2 Å². The molecule has 0 aliphatic carbocycles. The van der Waals surface area contributed by atoms with Gasteiger partial charge in [-0.25, -0.2) is 0 Å². The van der Waals surface area contributed by atoms with Gasteiger partial charge in [-0.15, -0.1) is 0 Å². The van der Waals surface area contributed by atoms with Crippen LogP contribution in [-0.2, 0) is 16.5 Å². The number of guanidine groups is 1. The summed E-state index contributed by atoms with van der Waals surface area (Å²) in [5.74, 6) is 0.959. The normalized spacial score (nSPS) is 25.8. The van der Waals surface area contributed by atoms with Gasteiger partial charge >= 0.3 is 0 Å². The minimum atomic E-state index is 0.0454. The second-order valence-electron chi connectivity index (χ2n) is 6.08. The van der Waals surface area contributed by atoms with Crippen LogP contribution < -0.4 is 5.32 Å². The molecule has 0 aromatic carbocycles. The summed E-state index contributed by atoms with van der Waals surface area (Å²) in [5.41, 5.74) is 1.12. The zero-order valence-electron chi connectivity index (χ0n) is 14.1. The van der Waals surface area contributed by atoms with Gasteiger partial charge in [0, 0.05) is 38.5 Å². The van der Waals surface area contributed by atoms with E-state index in [9.17, 15) is 0 Å². The van der Waals surface area contributed by atoms with Crippen LogP contribution in [0.25, 0.3) is 0 Å². The third-order valence-electron chi connectivity index (χ3n) is 4.27. The van der Waals surface area contributed by atoms with Crippen molar-refractivity contribution in [2.24, 2.45) is 12.0 Å². The first-order valence-electron chi connectivity index (χ1n) is 8.51. The maximum Gasteiger partial charge on any atom is 0.194 e. The lowest BCUT2D eigenvalue weighted by Crippen LogP contribution is -2.48. The van der Waals surface area contributed by atoms with Crippen LogP contribution in [0, 0.1) is 0 Å². The summed E-state index contributed by atoms with van der Waals surface area (Å²) in [6, 6.07) is 0. The van der Waals surface area contributed by atoms with Gasteiger partial charge in [0.05, 0.1) is 32.0 Å². The zero-order valence-corrected chi connectivity index (χ0v) is 14.1. The maximum absolute atomic E-state index is 5.91. The van der Waals surface area contributed by atoms with Crippen LogP contribution in [0.2, 0.25) is 0 Å². The van der Waals surface area contributed by atoms with Gasteiger partial charge in [-0.3, -0.25) is 9.67 Å². The van der Waals surface area contributed by atoms with Crippen molar-refractivity contribution < 1.29 is 9.47 Å². The van der Waals surface area contributed by atoms with E-state index in [1.807, 2.05) is 24.1 Å². The number of aromatic nitrogens is 2. The molecular weight excluding hydrogens is 294 g/mol. The molecule has 0 amide bonds. The van der Waals surface area contributed by atoms with Gasteiger partial charge in [0.2, 0.25) is 0 Å². The molecule has 7 heteroatoms. The van der Waals surface area contributed by atoms with Gasteiger partial charge in [-0.2, -0.15) is 5.10 Å². The lowest BCUT2D eigenvalue weighted by Gasteiger charge is -2.35. The zero-order chi connectivity index (χ0) is 16.1. The van der Waals surface area contributed by atoms with Crippen molar-refractivity contribution in [1.82, 2.24) is 20.0 Å². The molecule has 1 N–H and O–H groups in total. The van der Waals surface area contributed by atoms with Crippen molar-refractivity contribution in [1.29, 1.82) is 0 Å². The van der Waals surface area contributed by atoms with Crippen LogP contribution in [0.3, 0.4) is 0 Å². The Bertz CT molecular complexity index is 524. The highest BCUT2D eigenvalue weighted by molar-refractivity contribution is 5.80. The minimum absolute atomic E-state index is 0.0454. The van der Waals surface area contributed by atoms with Gasteiger partial charge in [-0.05, 0) is 19.8 Å². The molecule has 7 nitrogen and oxygen atoms in total. The topological polar surface area (TPSA) is 63.9 Å². The molecule has 2 saturated heterocycles. The molecule has 3 rings (SSSR count). The molecule has 128 valence electrons. The number of hydrogen-bond donors (Lipinski definition) is 1. The summed E-state index contributed by atoms with van der Waals surface area (Å²) in [7, 11) is 1.93. The van der Waals surface area contributed by atoms with Crippen LogP contribution in [0.1, 0.15) is 31.4 Å². The molecule has 0 bridgehead atoms. The number of ether oxygens (including phenoxy) is 2. The highest BCUT2D eigenvalue weighted by Crippen LogP contribution is 2.21. The van der Waals surface area contributed by atoms with E-state index in [0.29, 0.717) is 6.61 Å². The molecular formula is C16H27N5O2. The van der Waals surface area contributed by atoms with E-state index in [4.69, 9.17) is 14.5 Å². The standard InChI is InChI=1S/C16H27N5O2/c1-3-17-16(18-10-14-5-4-7-22-14)21-6-8-23-15(12-21)13-9-19-20(2)11-13/h9,11,14-15H,3-8,10,12H2,1-2H3,(H,17,18). The van der Waals surface area contributed by atoms with Crippen LogP contribution >= 0.6 is 0 Å². The van der Waals surface area contributed by atoms with Crippen LogP contribution in [0.4, 0.5) is 0 Å². The van der Waals surface area contributed by atoms with Crippen molar-refractivity contribution in [3.05, 3.63) is 18.0 Å². The monoisotopic (exact) mass is 321 g/mol. The Balaban J connectivity index is 1.64. The molecule has 1 aromatic heterocycles. The molecule has 1 aromatic rings.